The van der Waals surface area contributed by atoms with Crippen molar-refractivity contribution in [3.8, 4) is 22.3 Å². The molecule has 242 valence electrons. The summed E-state index contributed by atoms with van der Waals surface area (Å²) in [5.41, 5.74) is 12.2. The molecule has 7 aromatic carbocycles. The summed E-state index contributed by atoms with van der Waals surface area (Å²) in [6, 6.07) is 53.0. The molecule has 0 radical (unpaired) electrons. The number of anilines is 3. The van der Waals surface area contributed by atoms with Crippen molar-refractivity contribution in [3.63, 3.8) is 0 Å². The van der Waals surface area contributed by atoms with E-state index in [1.54, 1.807) is 20.8 Å². The van der Waals surface area contributed by atoms with Gasteiger partial charge in [0, 0.05) is 37.1 Å². The SMILES string of the molecule is C[SiH]1C2=C(C=CCC2)c2c(N(c3ccc(-c4ccc5ccccc5c4)cc3)c3ccc4c(c3)[SiH2]c3ccc5c(sc6ccccc65)c3-4)cccc21. The van der Waals surface area contributed by atoms with Crippen molar-refractivity contribution in [2.75, 3.05) is 4.90 Å². The first-order valence-electron chi connectivity index (χ1n) is 18.2. The molecule has 4 heteroatoms. The average Bonchev–Trinajstić information content (AvgIpc) is 3.84. The van der Waals surface area contributed by atoms with Crippen LogP contribution in [0.15, 0.2) is 157 Å². The van der Waals surface area contributed by atoms with Crippen LogP contribution in [0.3, 0.4) is 0 Å². The lowest BCUT2D eigenvalue weighted by molar-refractivity contribution is 1.02. The van der Waals surface area contributed by atoms with Crippen LogP contribution in [-0.4, -0.2) is 18.3 Å². The van der Waals surface area contributed by atoms with E-state index in [0.29, 0.717) is 0 Å². The fraction of sp³-hybridized carbons (Fsp3) is 0.0638. The van der Waals surface area contributed by atoms with Crippen molar-refractivity contribution in [2.45, 2.75) is 19.4 Å². The van der Waals surface area contributed by atoms with E-state index in [1.165, 1.54) is 94.2 Å². The van der Waals surface area contributed by atoms with Gasteiger partial charge in [0.1, 0.15) is 0 Å². The summed E-state index contributed by atoms with van der Waals surface area (Å²) in [5, 5.41) is 11.8. The van der Waals surface area contributed by atoms with Gasteiger partial charge in [-0.2, -0.15) is 0 Å². The zero-order valence-electron chi connectivity index (χ0n) is 28.5. The van der Waals surface area contributed by atoms with Gasteiger partial charge in [-0.05, 0) is 99.1 Å². The molecule has 3 aliphatic rings. The van der Waals surface area contributed by atoms with E-state index in [1.807, 2.05) is 11.3 Å². The second-order valence-electron chi connectivity index (χ2n) is 14.4. The minimum atomic E-state index is -1.20. The van der Waals surface area contributed by atoms with Gasteiger partial charge in [-0.1, -0.05) is 131 Å². The highest BCUT2D eigenvalue weighted by Crippen LogP contribution is 2.45. The van der Waals surface area contributed by atoms with Crippen LogP contribution in [-0.2, 0) is 0 Å². The largest absolute Gasteiger partial charge is 0.310 e. The molecule has 8 aromatic rings. The summed E-state index contributed by atoms with van der Waals surface area (Å²) in [7, 11) is -1.82. The highest BCUT2D eigenvalue weighted by atomic mass is 32.1. The number of fused-ring (bicyclic) bond motifs is 10. The smallest absolute Gasteiger partial charge is 0.0963 e. The molecular weight excluding hydrogens is 667 g/mol. The molecule has 0 bridgehead atoms. The summed E-state index contributed by atoms with van der Waals surface area (Å²) in [6.07, 6.45) is 7.20. The van der Waals surface area contributed by atoms with Gasteiger partial charge in [0.2, 0.25) is 0 Å². The molecule has 2 aliphatic heterocycles. The minimum Gasteiger partial charge on any atom is -0.310 e. The molecule has 0 N–H and O–H groups in total. The second-order valence-corrected chi connectivity index (χ2v) is 20.1. The van der Waals surface area contributed by atoms with Crippen molar-refractivity contribution in [1.82, 2.24) is 0 Å². The second kappa shape index (κ2) is 11.4. The normalized spacial score (nSPS) is 16.2. The maximum absolute atomic E-state index is 2.56. The third-order valence-corrected chi connectivity index (χ3v) is 17.8. The third kappa shape index (κ3) is 4.50. The van der Waals surface area contributed by atoms with Gasteiger partial charge in [-0.15, -0.1) is 11.3 Å². The van der Waals surface area contributed by atoms with Gasteiger partial charge in [0.15, 0.2) is 0 Å². The van der Waals surface area contributed by atoms with Crippen LogP contribution in [0, 0.1) is 0 Å². The molecule has 0 saturated carbocycles. The van der Waals surface area contributed by atoms with E-state index in [-0.39, 0.29) is 0 Å². The standard InChI is InChI=1S/C47H35NSSi2/c1-51-43-15-7-5-12-38(43)45-39(13-8-16-44(45)51)48(33-21-19-30(20-22-33)32-18-17-29-9-2-3-10-31(29)27-32)34-23-24-37-42(28-34)50-41-26-25-36-35-11-4-6-14-40(35)49-47(36)46(37)41/h2-6,8-14,16-28,51H,7,15,50H2,1H3. The van der Waals surface area contributed by atoms with Crippen molar-refractivity contribution >= 4 is 98.8 Å². The molecule has 1 unspecified atom stereocenters. The Morgan fingerprint density at radius 3 is 2.39 bits per heavy atom. The van der Waals surface area contributed by atoms with Gasteiger partial charge < -0.3 is 4.90 Å². The zero-order chi connectivity index (χ0) is 33.6. The van der Waals surface area contributed by atoms with Crippen LogP contribution in [0.25, 0.3) is 58.8 Å². The molecular formula is C47H35NSSi2. The topological polar surface area (TPSA) is 3.24 Å². The molecule has 11 rings (SSSR count). The number of rotatable bonds is 4. The van der Waals surface area contributed by atoms with E-state index < -0.39 is 18.3 Å². The van der Waals surface area contributed by atoms with Gasteiger partial charge in [-0.3, -0.25) is 0 Å². The lowest BCUT2D eigenvalue weighted by Gasteiger charge is -2.29. The quantitative estimate of drug-likeness (QED) is 0.165. The minimum absolute atomic E-state index is 0.627. The van der Waals surface area contributed by atoms with E-state index >= 15 is 0 Å². The van der Waals surface area contributed by atoms with Crippen molar-refractivity contribution in [3.05, 3.63) is 162 Å². The highest BCUT2D eigenvalue weighted by Gasteiger charge is 2.33. The third-order valence-electron chi connectivity index (χ3n) is 11.6. The number of allylic oxidation sites excluding steroid dienone is 4. The maximum Gasteiger partial charge on any atom is 0.0963 e. The molecule has 1 aromatic heterocycles. The van der Waals surface area contributed by atoms with E-state index in [4.69, 9.17) is 0 Å². The Morgan fingerprint density at radius 1 is 0.647 bits per heavy atom. The zero-order valence-corrected chi connectivity index (χ0v) is 31.9. The predicted molar refractivity (Wildman–Crippen MR) is 228 cm³/mol. The van der Waals surface area contributed by atoms with Crippen molar-refractivity contribution in [1.29, 1.82) is 0 Å². The van der Waals surface area contributed by atoms with Crippen LogP contribution in [0.1, 0.15) is 18.4 Å². The lowest BCUT2D eigenvalue weighted by Crippen LogP contribution is -2.28. The number of thiophene rings is 1. The van der Waals surface area contributed by atoms with Gasteiger partial charge >= 0.3 is 0 Å². The molecule has 51 heavy (non-hydrogen) atoms. The Kier molecular flexibility index (Phi) is 6.57. The summed E-state index contributed by atoms with van der Waals surface area (Å²) in [5.74, 6) is 0. The highest BCUT2D eigenvalue weighted by molar-refractivity contribution is 7.26. The number of benzene rings is 7. The van der Waals surface area contributed by atoms with Crippen LogP contribution >= 0.6 is 11.3 Å². The molecule has 0 spiro atoms. The monoisotopic (exact) mass is 701 g/mol. The Labute approximate surface area is 306 Å². The molecule has 0 saturated heterocycles. The van der Waals surface area contributed by atoms with E-state index in [2.05, 4.69) is 163 Å². The van der Waals surface area contributed by atoms with Crippen molar-refractivity contribution < 1.29 is 0 Å². The van der Waals surface area contributed by atoms with Crippen molar-refractivity contribution in [2.24, 2.45) is 0 Å². The summed E-state index contributed by atoms with van der Waals surface area (Å²) in [6.45, 7) is 2.54. The number of hydrogen-bond acceptors (Lipinski definition) is 2. The fourth-order valence-corrected chi connectivity index (χ4v) is 15.4. The summed E-state index contributed by atoms with van der Waals surface area (Å²) < 4.78 is 2.84. The fourth-order valence-electron chi connectivity index (χ4n) is 9.15. The Morgan fingerprint density at radius 2 is 1.47 bits per heavy atom. The molecule has 0 amide bonds. The number of hydrogen-bond donors (Lipinski definition) is 0. The van der Waals surface area contributed by atoms with Crippen LogP contribution in [0.4, 0.5) is 17.1 Å². The first-order valence-corrected chi connectivity index (χ1v) is 22.7. The van der Waals surface area contributed by atoms with Gasteiger partial charge in [-0.25, -0.2) is 0 Å². The summed E-state index contributed by atoms with van der Waals surface area (Å²) in [4.78, 5) is 2.56. The first-order chi connectivity index (χ1) is 25.2. The number of nitrogens with zero attached hydrogens (tertiary/aromatic N) is 1. The Balaban J connectivity index is 1.07. The average molecular weight is 702 g/mol. The molecule has 3 heterocycles. The summed E-state index contributed by atoms with van der Waals surface area (Å²) >= 11 is 1.96. The van der Waals surface area contributed by atoms with E-state index in [0.717, 1.165) is 0 Å². The molecule has 1 aliphatic carbocycles. The lowest BCUT2D eigenvalue weighted by atomic mass is 9.96. The van der Waals surface area contributed by atoms with Crippen LogP contribution in [0.2, 0.25) is 6.55 Å². The molecule has 1 nitrogen and oxygen atoms in total. The van der Waals surface area contributed by atoms with Gasteiger partial charge in [0.05, 0.1) is 24.0 Å². The van der Waals surface area contributed by atoms with Gasteiger partial charge in [0.25, 0.3) is 0 Å². The first kappa shape index (κ1) is 29.5. The maximum atomic E-state index is 2.56. The molecule has 1 atom stereocenters. The Bertz CT molecular complexity index is 2810. The predicted octanol–water partition coefficient (Wildman–Crippen LogP) is 10.2. The Hall–Kier alpha value is -5.27. The van der Waals surface area contributed by atoms with Crippen LogP contribution < -0.4 is 20.5 Å². The van der Waals surface area contributed by atoms with E-state index in [9.17, 15) is 0 Å². The molecule has 0 fully saturated rings. The van der Waals surface area contributed by atoms with Crippen LogP contribution in [0.5, 0.6) is 0 Å².